The van der Waals surface area contributed by atoms with E-state index in [9.17, 15) is 14.9 Å². The zero-order valence-electron chi connectivity index (χ0n) is 12.9. The molecular weight excluding hydrogens is 350 g/mol. The van der Waals surface area contributed by atoms with Crippen LogP contribution < -0.4 is 5.32 Å². The third kappa shape index (κ3) is 6.89. The van der Waals surface area contributed by atoms with Gasteiger partial charge in [-0.25, -0.2) is 0 Å². The smallest absolute Gasteiger partial charge is 0.244 e. The predicted octanol–water partition coefficient (Wildman–Crippen LogP) is 2.95. The van der Waals surface area contributed by atoms with E-state index in [0.717, 1.165) is 38.0 Å². The van der Waals surface area contributed by atoms with E-state index >= 15 is 0 Å². The number of nitrogens with zero attached hydrogens (tertiary/aromatic N) is 2. The molecule has 1 amide bonds. The van der Waals surface area contributed by atoms with Crippen LogP contribution in [0, 0.1) is 10.1 Å². The first-order chi connectivity index (χ1) is 10.4. The Morgan fingerprint density at radius 2 is 2.18 bits per heavy atom. The van der Waals surface area contributed by atoms with E-state index in [0.29, 0.717) is 16.9 Å². The maximum atomic E-state index is 10.8. The maximum Gasteiger partial charge on any atom is 0.244 e. The summed E-state index contributed by atoms with van der Waals surface area (Å²) in [4.78, 5) is 22.7. The van der Waals surface area contributed by atoms with Gasteiger partial charge in [0.2, 0.25) is 12.1 Å². The van der Waals surface area contributed by atoms with Crippen molar-refractivity contribution in [3.8, 4) is 0 Å². The van der Waals surface area contributed by atoms with Crippen molar-refractivity contribution in [1.29, 1.82) is 0 Å². The van der Waals surface area contributed by atoms with Crippen molar-refractivity contribution in [3.63, 3.8) is 0 Å². The van der Waals surface area contributed by atoms with Gasteiger partial charge in [0.15, 0.2) is 0 Å². The van der Waals surface area contributed by atoms with Crippen LogP contribution >= 0.6 is 15.9 Å². The van der Waals surface area contributed by atoms with E-state index in [-0.39, 0.29) is 5.70 Å². The largest absolute Gasteiger partial charge is 0.384 e. The summed E-state index contributed by atoms with van der Waals surface area (Å²) < 4.78 is 0.690. The highest BCUT2D eigenvalue weighted by Gasteiger charge is 2.17. The van der Waals surface area contributed by atoms with Gasteiger partial charge in [-0.15, -0.1) is 0 Å². The molecule has 0 aromatic heterocycles. The Labute approximate surface area is 139 Å². The van der Waals surface area contributed by atoms with E-state index in [1.54, 1.807) is 4.90 Å². The van der Waals surface area contributed by atoms with Crippen LogP contribution in [0.4, 0.5) is 0 Å². The molecule has 1 atom stereocenters. The first-order valence-electron chi connectivity index (χ1n) is 7.23. The lowest BCUT2D eigenvalue weighted by Gasteiger charge is -2.31. The molecule has 0 saturated carbocycles. The number of piperidine rings is 1. The molecule has 0 aromatic carbocycles. The van der Waals surface area contributed by atoms with Crippen molar-refractivity contribution in [1.82, 2.24) is 10.2 Å². The Kier molecular flexibility index (Phi) is 7.87. The third-order valence-corrected chi connectivity index (χ3v) is 3.96. The molecule has 122 valence electrons. The van der Waals surface area contributed by atoms with Crippen LogP contribution in [0.2, 0.25) is 0 Å². The normalized spacial score (nSPS) is 20.8. The molecule has 6 nitrogen and oxygen atoms in total. The number of nitro groups is 1. The minimum absolute atomic E-state index is 0.0955. The Bertz CT molecular complexity index is 500. The van der Waals surface area contributed by atoms with Gasteiger partial charge in [0.25, 0.3) is 0 Å². The molecule has 0 radical (unpaired) electrons. The molecule has 0 aromatic rings. The lowest BCUT2D eigenvalue weighted by atomic mass is 10.1. The number of amides is 1. The second-order valence-corrected chi connectivity index (χ2v) is 6.25. The van der Waals surface area contributed by atoms with Crippen molar-refractivity contribution >= 4 is 22.3 Å². The zero-order chi connectivity index (χ0) is 16.5. The van der Waals surface area contributed by atoms with Gasteiger partial charge in [0.05, 0.1) is 4.92 Å². The van der Waals surface area contributed by atoms with Crippen molar-refractivity contribution in [2.75, 3.05) is 13.1 Å². The lowest BCUT2D eigenvalue weighted by molar-refractivity contribution is -0.424. The molecule has 0 aliphatic carbocycles. The molecule has 1 rings (SSSR count). The average molecular weight is 372 g/mol. The summed E-state index contributed by atoms with van der Waals surface area (Å²) in [6.45, 7) is 5.01. The van der Waals surface area contributed by atoms with Gasteiger partial charge < -0.3 is 10.2 Å². The van der Waals surface area contributed by atoms with Crippen LogP contribution in [-0.2, 0) is 4.79 Å². The minimum atomic E-state index is -0.417. The molecule has 22 heavy (non-hydrogen) atoms. The van der Waals surface area contributed by atoms with Crippen LogP contribution in [0.25, 0.3) is 0 Å². The fraction of sp³-hybridized carbons (Fsp3) is 0.533. The lowest BCUT2D eigenvalue weighted by Crippen LogP contribution is -2.44. The molecule has 1 aliphatic rings. The highest BCUT2D eigenvalue weighted by Crippen LogP contribution is 2.13. The Morgan fingerprint density at radius 1 is 1.45 bits per heavy atom. The molecule has 0 bridgehead atoms. The Morgan fingerprint density at radius 3 is 2.82 bits per heavy atom. The second-order valence-electron chi connectivity index (χ2n) is 5.34. The van der Waals surface area contributed by atoms with Gasteiger partial charge in [0.1, 0.15) is 0 Å². The number of hydrogen-bond donors (Lipinski definition) is 1. The highest BCUT2D eigenvalue weighted by molar-refractivity contribution is 9.11. The van der Waals surface area contributed by atoms with Crippen molar-refractivity contribution in [3.05, 3.63) is 44.2 Å². The molecule has 1 aliphatic heterocycles. The number of nitrogens with one attached hydrogen (secondary N) is 1. The number of carbonyl (C=O) groups is 1. The van der Waals surface area contributed by atoms with E-state index in [1.165, 1.54) is 13.0 Å². The van der Waals surface area contributed by atoms with Crippen molar-refractivity contribution in [2.45, 2.75) is 39.2 Å². The van der Waals surface area contributed by atoms with E-state index < -0.39 is 4.92 Å². The van der Waals surface area contributed by atoms with Crippen molar-refractivity contribution in [2.24, 2.45) is 0 Å². The summed E-state index contributed by atoms with van der Waals surface area (Å²) in [5.74, 6) is 0. The standard InChI is InChI=1S/C15H22BrN3O3/c1-12(17-15-7-4-8-18(10-15)11-20)5-3-6-14(16)9-13(2)19(21)22/h5-6,9,11,15,17H,3-4,7-8,10H2,1-2H3/b12-5+,13-9+,14-6?. The van der Waals surface area contributed by atoms with Gasteiger partial charge in [-0.2, -0.15) is 0 Å². The topological polar surface area (TPSA) is 75.5 Å². The average Bonchev–Trinajstić information content (AvgIpc) is 2.47. The summed E-state index contributed by atoms with van der Waals surface area (Å²) in [5.41, 5.74) is 1.14. The van der Waals surface area contributed by atoms with Crippen LogP contribution in [0.3, 0.4) is 0 Å². The van der Waals surface area contributed by atoms with E-state index in [1.807, 2.05) is 19.1 Å². The number of allylic oxidation sites excluding steroid dienone is 6. The van der Waals surface area contributed by atoms with E-state index in [4.69, 9.17) is 0 Å². The van der Waals surface area contributed by atoms with E-state index in [2.05, 4.69) is 21.2 Å². The molecule has 1 saturated heterocycles. The molecule has 1 N–H and O–H groups in total. The monoisotopic (exact) mass is 371 g/mol. The number of carbonyl (C=O) groups excluding carboxylic acids is 1. The van der Waals surface area contributed by atoms with Crippen LogP contribution in [0.15, 0.2) is 34.1 Å². The van der Waals surface area contributed by atoms with Gasteiger partial charge in [-0.3, -0.25) is 14.9 Å². The summed E-state index contributed by atoms with van der Waals surface area (Å²) >= 11 is 3.30. The number of likely N-dealkylation sites (tertiary alicyclic amines) is 1. The van der Waals surface area contributed by atoms with Gasteiger partial charge in [-0.1, -0.05) is 28.1 Å². The zero-order valence-corrected chi connectivity index (χ0v) is 14.5. The molecule has 1 unspecified atom stereocenters. The first kappa shape index (κ1) is 18.4. The highest BCUT2D eigenvalue weighted by atomic mass is 79.9. The Hall–Kier alpha value is -1.63. The number of halogens is 1. The molecule has 1 fully saturated rings. The third-order valence-electron chi connectivity index (χ3n) is 3.41. The first-order valence-corrected chi connectivity index (χ1v) is 8.02. The fourth-order valence-electron chi connectivity index (χ4n) is 2.26. The molecule has 0 spiro atoms. The fourth-order valence-corrected chi connectivity index (χ4v) is 2.78. The quantitative estimate of drug-likeness (QED) is 0.323. The number of rotatable bonds is 7. The van der Waals surface area contributed by atoms with Crippen LogP contribution in [0.5, 0.6) is 0 Å². The van der Waals surface area contributed by atoms with Gasteiger partial charge >= 0.3 is 0 Å². The molecular formula is C15H22BrN3O3. The molecule has 1 heterocycles. The minimum Gasteiger partial charge on any atom is -0.384 e. The molecule has 7 heteroatoms. The van der Waals surface area contributed by atoms with Gasteiger partial charge in [0, 0.05) is 42.3 Å². The second kappa shape index (κ2) is 9.40. The van der Waals surface area contributed by atoms with Gasteiger partial charge in [-0.05, 0) is 26.2 Å². The van der Waals surface area contributed by atoms with Crippen molar-refractivity contribution < 1.29 is 9.72 Å². The summed E-state index contributed by atoms with van der Waals surface area (Å²) in [6, 6.07) is 0.291. The Balaban J connectivity index is 2.47. The summed E-state index contributed by atoms with van der Waals surface area (Å²) in [7, 11) is 0. The number of hydrogen-bond acceptors (Lipinski definition) is 4. The SMILES string of the molecule is C/C(=C\CC=C(Br)/C=C(\C)[N+](=O)[O-])NC1CCCN(C=O)C1. The summed E-state index contributed by atoms with van der Waals surface area (Å²) in [6.07, 6.45) is 9.02. The maximum absolute atomic E-state index is 10.8. The van der Waals surface area contributed by atoms with Crippen LogP contribution in [0.1, 0.15) is 33.1 Å². The summed E-state index contributed by atoms with van der Waals surface area (Å²) in [5, 5.41) is 13.9. The predicted molar refractivity (Wildman–Crippen MR) is 89.9 cm³/mol. The van der Waals surface area contributed by atoms with Crippen LogP contribution in [-0.4, -0.2) is 35.4 Å².